The molecule has 0 spiro atoms. The smallest absolute Gasteiger partial charge is 0.309 e. The fourth-order valence-electron chi connectivity index (χ4n) is 1.81. The molecule has 1 heterocycles. The van der Waals surface area contributed by atoms with Crippen molar-refractivity contribution in [1.29, 1.82) is 0 Å². The Morgan fingerprint density at radius 2 is 2.05 bits per heavy atom. The van der Waals surface area contributed by atoms with Gasteiger partial charge in [0.25, 0.3) is 0 Å². The molecule has 2 N–H and O–H groups in total. The second-order valence-corrected chi connectivity index (χ2v) is 4.49. The standard InChI is InChI=1S/C12H20N2O5/c1-2-19-11(16)4-3-5-13-10(15)8-14-6-9(7-14)12(17)18/h9H,2-8H2,1H3,(H,13,15)(H,17,18). The number of rotatable bonds is 8. The first-order chi connectivity index (χ1) is 9.02. The summed E-state index contributed by atoms with van der Waals surface area (Å²) in [5.74, 6) is -1.57. The van der Waals surface area contributed by atoms with Crippen molar-refractivity contribution in [3.05, 3.63) is 0 Å². The Labute approximate surface area is 111 Å². The van der Waals surface area contributed by atoms with Crippen molar-refractivity contribution in [1.82, 2.24) is 10.2 Å². The summed E-state index contributed by atoms with van der Waals surface area (Å²) < 4.78 is 4.76. The highest BCUT2D eigenvalue weighted by Crippen LogP contribution is 2.14. The number of carboxylic acids is 1. The molecule has 1 amide bonds. The average Bonchev–Trinajstić information content (AvgIpc) is 2.28. The van der Waals surface area contributed by atoms with Crippen LogP contribution < -0.4 is 5.32 Å². The first kappa shape index (κ1) is 15.4. The van der Waals surface area contributed by atoms with E-state index in [9.17, 15) is 14.4 Å². The van der Waals surface area contributed by atoms with Gasteiger partial charge in [-0.3, -0.25) is 19.3 Å². The summed E-state index contributed by atoms with van der Waals surface area (Å²) in [4.78, 5) is 34.8. The van der Waals surface area contributed by atoms with Gasteiger partial charge in [-0.15, -0.1) is 0 Å². The van der Waals surface area contributed by atoms with Crippen LogP contribution >= 0.6 is 0 Å². The summed E-state index contributed by atoms with van der Waals surface area (Å²) in [5, 5.41) is 11.4. The van der Waals surface area contributed by atoms with Crippen molar-refractivity contribution < 1.29 is 24.2 Å². The molecule has 0 aromatic heterocycles. The predicted molar refractivity (Wildman–Crippen MR) is 66.4 cm³/mol. The van der Waals surface area contributed by atoms with Crippen molar-refractivity contribution in [2.24, 2.45) is 5.92 Å². The number of nitrogens with zero attached hydrogens (tertiary/aromatic N) is 1. The van der Waals surface area contributed by atoms with Gasteiger partial charge in [-0.1, -0.05) is 0 Å². The maximum absolute atomic E-state index is 11.5. The lowest BCUT2D eigenvalue weighted by molar-refractivity contribution is -0.148. The zero-order chi connectivity index (χ0) is 14.3. The molecule has 1 rings (SSSR count). The summed E-state index contributed by atoms with van der Waals surface area (Å²) in [7, 11) is 0. The van der Waals surface area contributed by atoms with Crippen LogP contribution in [0.3, 0.4) is 0 Å². The van der Waals surface area contributed by atoms with E-state index in [0.717, 1.165) is 0 Å². The van der Waals surface area contributed by atoms with Crippen molar-refractivity contribution >= 4 is 17.8 Å². The first-order valence-electron chi connectivity index (χ1n) is 6.40. The van der Waals surface area contributed by atoms with Gasteiger partial charge < -0.3 is 15.2 Å². The number of likely N-dealkylation sites (tertiary alicyclic amines) is 1. The molecule has 0 aromatic rings. The minimum atomic E-state index is -0.814. The summed E-state index contributed by atoms with van der Waals surface area (Å²) in [6, 6.07) is 0. The van der Waals surface area contributed by atoms with E-state index >= 15 is 0 Å². The van der Waals surface area contributed by atoms with Gasteiger partial charge in [-0.2, -0.15) is 0 Å². The molecule has 19 heavy (non-hydrogen) atoms. The van der Waals surface area contributed by atoms with Crippen LogP contribution in [0.2, 0.25) is 0 Å². The van der Waals surface area contributed by atoms with E-state index in [0.29, 0.717) is 39.1 Å². The highest BCUT2D eigenvalue weighted by Gasteiger charge is 2.33. The van der Waals surface area contributed by atoms with Crippen molar-refractivity contribution in [2.75, 3.05) is 32.8 Å². The molecule has 1 fully saturated rings. The molecule has 7 nitrogen and oxygen atoms in total. The first-order valence-corrected chi connectivity index (χ1v) is 6.40. The Bertz CT molecular complexity index is 339. The summed E-state index contributed by atoms with van der Waals surface area (Å²) >= 11 is 0. The van der Waals surface area contributed by atoms with Gasteiger partial charge in [0.15, 0.2) is 0 Å². The number of ether oxygens (including phenoxy) is 1. The summed E-state index contributed by atoms with van der Waals surface area (Å²) in [5.41, 5.74) is 0. The average molecular weight is 272 g/mol. The van der Waals surface area contributed by atoms with Crippen LogP contribution in [0.15, 0.2) is 0 Å². The number of carboxylic acid groups (broad SMARTS) is 1. The van der Waals surface area contributed by atoms with Gasteiger partial charge in [0.05, 0.1) is 19.1 Å². The van der Waals surface area contributed by atoms with Crippen LogP contribution in [-0.4, -0.2) is 60.6 Å². The van der Waals surface area contributed by atoms with E-state index in [1.54, 1.807) is 11.8 Å². The quantitative estimate of drug-likeness (QED) is 0.455. The molecule has 0 unspecified atom stereocenters. The van der Waals surface area contributed by atoms with Crippen LogP contribution in [-0.2, 0) is 19.1 Å². The molecule has 1 aliphatic heterocycles. The summed E-state index contributed by atoms with van der Waals surface area (Å²) in [6.45, 7) is 3.59. The van der Waals surface area contributed by atoms with Gasteiger partial charge in [0, 0.05) is 26.1 Å². The van der Waals surface area contributed by atoms with Crippen molar-refractivity contribution in [3.63, 3.8) is 0 Å². The molecule has 0 aliphatic carbocycles. The molecule has 0 bridgehead atoms. The number of aliphatic carboxylic acids is 1. The molecule has 0 radical (unpaired) electrons. The maximum Gasteiger partial charge on any atom is 0.309 e. The fourth-order valence-corrected chi connectivity index (χ4v) is 1.81. The van der Waals surface area contributed by atoms with Crippen molar-refractivity contribution in [3.8, 4) is 0 Å². The van der Waals surface area contributed by atoms with Crippen molar-refractivity contribution in [2.45, 2.75) is 19.8 Å². The molecule has 0 saturated carbocycles. The van der Waals surface area contributed by atoms with E-state index in [1.807, 2.05) is 0 Å². The number of nitrogens with one attached hydrogen (secondary N) is 1. The third kappa shape index (κ3) is 5.69. The Balaban J connectivity index is 2.00. The zero-order valence-electron chi connectivity index (χ0n) is 11.1. The molecule has 0 aromatic carbocycles. The molecular formula is C12H20N2O5. The highest BCUT2D eigenvalue weighted by molar-refractivity contribution is 5.79. The van der Waals surface area contributed by atoms with Gasteiger partial charge in [-0.05, 0) is 13.3 Å². The molecular weight excluding hydrogens is 252 g/mol. The van der Waals surface area contributed by atoms with Gasteiger partial charge in [0.2, 0.25) is 5.91 Å². The third-order valence-electron chi connectivity index (χ3n) is 2.86. The topological polar surface area (TPSA) is 95.9 Å². The molecule has 1 aliphatic rings. The van der Waals surface area contributed by atoms with Crippen LogP contribution in [0.1, 0.15) is 19.8 Å². The number of carbonyl (C=O) groups is 3. The molecule has 108 valence electrons. The number of esters is 1. The molecule has 7 heteroatoms. The van der Waals surface area contributed by atoms with E-state index < -0.39 is 5.97 Å². The zero-order valence-corrected chi connectivity index (χ0v) is 11.1. The fraction of sp³-hybridized carbons (Fsp3) is 0.750. The third-order valence-corrected chi connectivity index (χ3v) is 2.86. The maximum atomic E-state index is 11.5. The van der Waals surface area contributed by atoms with Crippen LogP contribution in [0, 0.1) is 5.92 Å². The van der Waals surface area contributed by atoms with E-state index in [4.69, 9.17) is 9.84 Å². The van der Waals surface area contributed by atoms with Gasteiger partial charge >= 0.3 is 11.9 Å². The molecule has 1 saturated heterocycles. The Hall–Kier alpha value is -1.63. The van der Waals surface area contributed by atoms with E-state index in [2.05, 4.69) is 5.32 Å². The van der Waals surface area contributed by atoms with Crippen LogP contribution in [0.25, 0.3) is 0 Å². The Morgan fingerprint density at radius 3 is 2.63 bits per heavy atom. The van der Waals surface area contributed by atoms with E-state index in [1.165, 1.54) is 0 Å². The lowest BCUT2D eigenvalue weighted by atomic mass is 10.0. The predicted octanol–water partition coefficient (Wildman–Crippen LogP) is -0.538. The lowest BCUT2D eigenvalue weighted by Crippen LogP contribution is -2.53. The second kappa shape index (κ2) is 7.73. The largest absolute Gasteiger partial charge is 0.481 e. The normalized spacial score (nSPS) is 15.6. The number of carbonyl (C=O) groups excluding carboxylic acids is 2. The highest BCUT2D eigenvalue weighted by atomic mass is 16.5. The van der Waals surface area contributed by atoms with Gasteiger partial charge in [0.1, 0.15) is 0 Å². The summed E-state index contributed by atoms with van der Waals surface area (Å²) in [6.07, 6.45) is 0.835. The lowest BCUT2D eigenvalue weighted by Gasteiger charge is -2.35. The minimum Gasteiger partial charge on any atom is -0.481 e. The SMILES string of the molecule is CCOC(=O)CCCNC(=O)CN1CC(C(=O)O)C1. The number of hydrogen-bond donors (Lipinski definition) is 2. The minimum absolute atomic E-state index is 0.146. The van der Waals surface area contributed by atoms with Crippen LogP contribution in [0.5, 0.6) is 0 Å². The van der Waals surface area contributed by atoms with Crippen LogP contribution in [0.4, 0.5) is 0 Å². The monoisotopic (exact) mass is 272 g/mol. The van der Waals surface area contributed by atoms with E-state index in [-0.39, 0.29) is 24.3 Å². The number of hydrogen-bond acceptors (Lipinski definition) is 5. The van der Waals surface area contributed by atoms with Gasteiger partial charge in [-0.25, -0.2) is 0 Å². The number of amides is 1. The Kier molecular flexibility index (Phi) is 6.27. The Morgan fingerprint density at radius 1 is 1.37 bits per heavy atom. The second-order valence-electron chi connectivity index (χ2n) is 4.49. The molecule has 0 atom stereocenters.